The third-order valence-corrected chi connectivity index (χ3v) is 2.90. The normalized spacial score (nSPS) is 19.4. The lowest BCUT2D eigenvalue weighted by Gasteiger charge is -2.15. The zero-order valence-electron chi connectivity index (χ0n) is 9.05. The highest BCUT2D eigenvalue weighted by Crippen LogP contribution is 2.33. The van der Waals surface area contributed by atoms with Gasteiger partial charge in [0, 0.05) is 12.6 Å². The Bertz CT molecular complexity index is 130. The Morgan fingerprint density at radius 2 is 2.08 bits per heavy atom. The van der Waals surface area contributed by atoms with Crippen molar-refractivity contribution in [2.24, 2.45) is 17.6 Å². The van der Waals surface area contributed by atoms with Gasteiger partial charge in [-0.05, 0) is 31.2 Å². The van der Waals surface area contributed by atoms with Crippen molar-refractivity contribution >= 4 is 0 Å². The maximum atomic E-state index is 5.91. The van der Waals surface area contributed by atoms with Crippen molar-refractivity contribution in [1.29, 1.82) is 0 Å². The lowest BCUT2D eigenvalue weighted by molar-refractivity contribution is 0.452. The molecule has 1 aliphatic carbocycles. The zero-order valence-corrected chi connectivity index (χ0v) is 9.05. The molecule has 0 aromatic carbocycles. The molecule has 0 heterocycles. The molecule has 1 atom stereocenters. The fourth-order valence-corrected chi connectivity index (χ4v) is 1.43. The molecule has 0 aliphatic heterocycles. The number of rotatable bonds is 7. The first kappa shape index (κ1) is 11.0. The quantitative estimate of drug-likeness (QED) is 0.592. The van der Waals surface area contributed by atoms with E-state index in [1.807, 2.05) is 0 Å². The van der Waals surface area contributed by atoms with E-state index >= 15 is 0 Å². The van der Waals surface area contributed by atoms with E-state index in [1.54, 1.807) is 0 Å². The molecule has 1 rings (SSSR count). The van der Waals surface area contributed by atoms with Crippen LogP contribution < -0.4 is 11.1 Å². The summed E-state index contributed by atoms with van der Waals surface area (Å²) in [5, 5.41) is 3.42. The number of nitrogens with two attached hydrogens (primary N) is 1. The van der Waals surface area contributed by atoms with Crippen LogP contribution in [-0.2, 0) is 0 Å². The standard InChI is InChI=1S/C11H24N2/c1-9(2)11(12)8-13-7-3-4-10-5-6-10/h9-11,13H,3-8,12H2,1-2H3. The van der Waals surface area contributed by atoms with E-state index in [2.05, 4.69) is 19.2 Å². The highest BCUT2D eigenvalue weighted by atomic mass is 14.9. The highest BCUT2D eigenvalue weighted by molar-refractivity contribution is 4.73. The van der Waals surface area contributed by atoms with Crippen LogP contribution in [0.15, 0.2) is 0 Å². The smallest absolute Gasteiger partial charge is 0.0188 e. The van der Waals surface area contributed by atoms with E-state index in [0.717, 1.165) is 19.0 Å². The Balaban J connectivity index is 1.82. The average molecular weight is 184 g/mol. The SMILES string of the molecule is CC(C)C(N)CNCCCC1CC1. The third kappa shape index (κ3) is 5.27. The lowest BCUT2D eigenvalue weighted by atomic mass is 10.1. The number of nitrogens with one attached hydrogen (secondary N) is 1. The van der Waals surface area contributed by atoms with E-state index in [0.29, 0.717) is 12.0 Å². The van der Waals surface area contributed by atoms with Crippen molar-refractivity contribution in [3.05, 3.63) is 0 Å². The van der Waals surface area contributed by atoms with Crippen molar-refractivity contribution in [3.8, 4) is 0 Å². The van der Waals surface area contributed by atoms with Crippen LogP contribution in [0.3, 0.4) is 0 Å². The maximum absolute atomic E-state index is 5.91. The highest BCUT2D eigenvalue weighted by Gasteiger charge is 2.19. The summed E-state index contributed by atoms with van der Waals surface area (Å²) in [5.74, 6) is 1.66. The molecule has 2 nitrogen and oxygen atoms in total. The molecular formula is C11H24N2. The Hall–Kier alpha value is -0.0800. The van der Waals surface area contributed by atoms with E-state index in [4.69, 9.17) is 5.73 Å². The first-order valence-electron chi connectivity index (χ1n) is 5.66. The van der Waals surface area contributed by atoms with Crippen LogP contribution in [0.5, 0.6) is 0 Å². The van der Waals surface area contributed by atoms with E-state index in [1.165, 1.54) is 25.7 Å². The molecule has 0 amide bonds. The molecule has 1 aliphatic rings. The van der Waals surface area contributed by atoms with Gasteiger partial charge in [0.15, 0.2) is 0 Å². The summed E-state index contributed by atoms with van der Waals surface area (Å²) in [6.45, 7) is 6.48. The van der Waals surface area contributed by atoms with Gasteiger partial charge in [-0.2, -0.15) is 0 Å². The van der Waals surface area contributed by atoms with Gasteiger partial charge >= 0.3 is 0 Å². The van der Waals surface area contributed by atoms with Gasteiger partial charge in [0.05, 0.1) is 0 Å². The zero-order chi connectivity index (χ0) is 9.68. The minimum absolute atomic E-state index is 0.320. The molecule has 0 saturated heterocycles. The summed E-state index contributed by atoms with van der Waals surface area (Å²) in [6, 6.07) is 0.320. The van der Waals surface area contributed by atoms with Crippen LogP contribution in [0.2, 0.25) is 0 Å². The predicted octanol–water partition coefficient (Wildman–Crippen LogP) is 1.75. The van der Waals surface area contributed by atoms with Crippen LogP contribution in [0, 0.1) is 11.8 Å². The van der Waals surface area contributed by atoms with Crippen LogP contribution in [0.25, 0.3) is 0 Å². The topological polar surface area (TPSA) is 38.0 Å². The lowest BCUT2D eigenvalue weighted by Crippen LogP contribution is -2.38. The fraction of sp³-hybridized carbons (Fsp3) is 1.00. The molecule has 0 radical (unpaired) electrons. The summed E-state index contributed by atoms with van der Waals surface area (Å²) < 4.78 is 0. The minimum atomic E-state index is 0.320. The molecular weight excluding hydrogens is 160 g/mol. The summed E-state index contributed by atoms with van der Waals surface area (Å²) >= 11 is 0. The molecule has 13 heavy (non-hydrogen) atoms. The number of hydrogen-bond donors (Lipinski definition) is 2. The minimum Gasteiger partial charge on any atom is -0.326 e. The first-order chi connectivity index (χ1) is 6.20. The molecule has 0 aromatic heterocycles. The van der Waals surface area contributed by atoms with Crippen molar-refractivity contribution in [2.45, 2.75) is 45.6 Å². The van der Waals surface area contributed by atoms with Crippen molar-refractivity contribution in [3.63, 3.8) is 0 Å². The van der Waals surface area contributed by atoms with Gasteiger partial charge in [-0.1, -0.05) is 26.7 Å². The maximum Gasteiger partial charge on any atom is 0.0188 e. The van der Waals surface area contributed by atoms with Gasteiger partial charge in [-0.25, -0.2) is 0 Å². The Morgan fingerprint density at radius 1 is 1.38 bits per heavy atom. The molecule has 1 unspecified atom stereocenters. The molecule has 2 heteroatoms. The summed E-state index contributed by atoms with van der Waals surface area (Å²) in [5.41, 5.74) is 5.91. The van der Waals surface area contributed by atoms with Gasteiger partial charge in [0.1, 0.15) is 0 Å². The van der Waals surface area contributed by atoms with Crippen LogP contribution in [-0.4, -0.2) is 19.1 Å². The van der Waals surface area contributed by atoms with E-state index in [9.17, 15) is 0 Å². The first-order valence-corrected chi connectivity index (χ1v) is 5.66. The molecule has 0 bridgehead atoms. The Labute approximate surface area is 82.3 Å². The summed E-state index contributed by atoms with van der Waals surface area (Å²) in [4.78, 5) is 0. The van der Waals surface area contributed by atoms with Gasteiger partial charge in [0.25, 0.3) is 0 Å². The second-order valence-corrected chi connectivity index (χ2v) is 4.70. The monoisotopic (exact) mass is 184 g/mol. The third-order valence-electron chi connectivity index (χ3n) is 2.90. The molecule has 78 valence electrons. The molecule has 0 spiro atoms. The largest absolute Gasteiger partial charge is 0.326 e. The van der Waals surface area contributed by atoms with Gasteiger partial charge in [-0.3, -0.25) is 0 Å². The van der Waals surface area contributed by atoms with Gasteiger partial charge in [0.2, 0.25) is 0 Å². The van der Waals surface area contributed by atoms with Gasteiger partial charge in [-0.15, -0.1) is 0 Å². The summed E-state index contributed by atoms with van der Waals surface area (Å²) in [7, 11) is 0. The molecule has 3 N–H and O–H groups in total. The molecule has 1 saturated carbocycles. The van der Waals surface area contributed by atoms with Crippen molar-refractivity contribution in [2.75, 3.05) is 13.1 Å². The molecule has 0 aromatic rings. The van der Waals surface area contributed by atoms with E-state index in [-0.39, 0.29) is 0 Å². The molecule has 1 fully saturated rings. The summed E-state index contributed by atoms with van der Waals surface area (Å²) in [6.07, 6.45) is 5.70. The van der Waals surface area contributed by atoms with Gasteiger partial charge < -0.3 is 11.1 Å². The van der Waals surface area contributed by atoms with Crippen molar-refractivity contribution in [1.82, 2.24) is 5.32 Å². The van der Waals surface area contributed by atoms with Crippen LogP contribution in [0.1, 0.15) is 39.5 Å². The van der Waals surface area contributed by atoms with Crippen LogP contribution >= 0.6 is 0 Å². The average Bonchev–Trinajstić information content (AvgIpc) is 2.87. The second-order valence-electron chi connectivity index (χ2n) is 4.70. The predicted molar refractivity (Wildman–Crippen MR) is 57.6 cm³/mol. The fourth-order valence-electron chi connectivity index (χ4n) is 1.43. The van der Waals surface area contributed by atoms with Crippen LogP contribution in [0.4, 0.5) is 0 Å². The Kier molecular flexibility index (Phi) is 4.74. The number of hydrogen-bond acceptors (Lipinski definition) is 2. The van der Waals surface area contributed by atoms with E-state index < -0.39 is 0 Å². The second kappa shape index (κ2) is 5.61. The Morgan fingerprint density at radius 3 is 2.62 bits per heavy atom. The van der Waals surface area contributed by atoms with Crippen molar-refractivity contribution < 1.29 is 0 Å².